The summed E-state index contributed by atoms with van der Waals surface area (Å²) < 4.78 is 0. The number of aliphatic hydroxyl groups is 1. The van der Waals surface area contributed by atoms with Gasteiger partial charge >= 0.3 is 0 Å². The van der Waals surface area contributed by atoms with E-state index in [1.165, 1.54) is 0 Å². The summed E-state index contributed by atoms with van der Waals surface area (Å²) in [6, 6.07) is 9.98. The molecule has 76 valence electrons. The van der Waals surface area contributed by atoms with E-state index in [4.69, 9.17) is 5.73 Å². The van der Waals surface area contributed by atoms with Crippen molar-refractivity contribution in [1.82, 2.24) is 0 Å². The third-order valence-electron chi connectivity index (χ3n) is 2.24. The van der Waals surface area contributed by atoms with Gasteiger partial charge in [-0.25, -0.2) is 0 Å². The van der Waals surface area contributed by atoms with E-state index in [1.54, 1.807) is 6.92 Å². The van der Waals surface area contributed by atoms with Gasteiger partial charge in [-0.05, 0) is 31.4 Å². The summed E-state index contributed by atoms with van der Waals surface area (Å²) >= 11 is 0. The molecule has 1 aromatic rings. The van der Waals surface area contributed by atoms with Crippen molar-refractivity contribution in [2.75, 3.05) is 0 Å². The van der Waals surface area contributed by atoms with Crippen molar-refractivity contribution in [2.45, 2.75) is 26.0 Å². The molecule has 1 aromatic carbocycles. The molecule has 0 saturated carbocycles. The predicted octanol–water partition coefficient (Wildman–Crippen LogP) is 1.84. The van der Waals surface area contributed by atoms with Gasteiger partial charge in [0.25, 0.3) is 0 Å². The van der Waals surface area contributed by atoms with Crippen LogP contribution in [0.2, 0.25) is 0 Å². The number of allylic oxidation sites excluding steroid dienone is 1. The lowest BCUT2D eigenvalue weighted by molar-refractivity contribution is 0.104. The Morgan fingerprint density at radius 2 is 2.00 bits per heavy atom. The fourth-order valence-electron chi connectivity index (χ4n) is 1.39. The van der Waals surface area contributed by atoms with Crippen molar-refractivity contribution in [3.05, 3.63) is 47.5 Å². The van der Waals surface area contributed by atoms with Crippen LogP contribution in [0.1, 0.15) is 19.4 Å². The normalized spacial score (nSPS) is 16.4. The Labute approximate surface area is 85.1 Å². The third-order valence-corrected chi connectivity index (χ3v) is 2.24. The van der Waals surface area contributed by atoms with E-state index in [9.17, 15) is 5.11 Å². The van der Waals surface area contributed by atoms with E-state index >= 15 is 0 Å². The van der Waals surface area contributed by atoms with E-state index in [2.05, 4.69) is 0 Å². The summed E-state index contributed by atoms with van der Waals surface area (Å²) in [6.07, 6.45) is 2.56. The molecule has 0 bridgehead atoms. The van der Waals surface area contributed by atoms with Crippen LogP contribution in [0.5, 0.6) is 0 Å². The zero-order valence-corrected chi connectivity index (χ0v) is 8.70. The Bertz CT molecular complexity index is 309. The summed E-state index contributed by atoms with van der Waals surface area (Å²) in [7, 11) is 0. The monoisotopic (exact) mass is 191 g/mol. The standard InChI is InChI=1S/C12H17NO/c1-3-11(12(2,13)14)9-10-7-5-4-6-8-10/h3-8,14H,9,13H2,1-2H3/b11-3-. The first kappa shape index (κ1) is 11.0. The second kappa shape index (κ2) is 4.40. The van der Waals surface area contributed by atoms with E-state index in [0.717, 1.165) is 11.1 Å². The molecule has 0 aliphatic carbocycles. The van der Waals surface area contributed by atoms with Crippen molar-refractivity contribution in [2.24, 2.45) is 5.73 Å². The van der Waals surface area contributed by atoms with Gasteiger partial charge in [0.1, 0.15) is 5.72 Å². The number of benzene rings is 1. The fourth-order valence-corrected chi connectivity index (χ4v) is 1.39. The Morgan fingerprint density at radius 3 is 2.43 bits per heavy atom. The van der Waals surface area contributed by atoms with Gasteiger partial charge in [0.2, 0.25) is 0 Å². The minimum Gasteiger partial charge on any atom is -0.372 e. The van der Waals surface area contributed by atoms with Gasteiger partial charge in [-0.2, -0.15) is 0 Å². The molecule has 1 atom stereocenters. The molecule has 2 nitrogen and oxygen atoms in total. The van der Waals surface area contributed by atoms with Gasteiger partial charge in [0.15, 0.2) is 0 Å². The molecule has 0 aliphatic rings. The topological polar surface area (TPSA) is 46.2 Å². The first-order valence-corrected chi connectivity index (χ1v) is 4.75. The highest BCUT2D eigenvalue weighted by atomic mass is 16.3. The summed E-state index contributed by atoms with van der Waals surface area (Å²) in [5.41, 5.74) is 6.40. The predicted molar refractivity (Wildman–Crippen MR) is 58.7 cm³/mol. The van der Waals surface area contributed by atoms with E-state index in [0.29, 0.717) is 6.42 Å². The average Bonchev–Trinajstić information content (AvgIpc) is 2.14. The Balaban J connectivity index is 2.78. The van der Waals surface area contributed by atoms with Crippen LogP contribution in [-0.2, 0) is 6.42 Å². The van der Waals surface area contributed by atoms with Crippen molar-refractivity contribution >= 4 is 0 Å². The Hall–Kier alpha value is -1.12. The quantitative estimate of drug-likeness (QED) is 0.565. The van der Waals surface area contributed by atoms with Gasteiger partial charge in [-0.3, -0.25) is 0 Å². The highest BCUT2D eigenvalue weighted by molar-refractivity contribution is 5.25. The van der Waals surface area contributed by atoms with Crippen LogP contribution in [0.15, 0.2) is 42.0 Å². The van der Waals surface area contributed by atoms with Crippen molar-refractivity contribution in [3.63, 3.8) is 0 Å². The minimum absolute atomic E-state index is 0.695. The van der Waals surface area contributed by atoms with Gasteiger partial charge in [-0.15, -0.1) is 0 Å². The largest absolute Gasteiger partial charge is 0.372 e. The molecular weight excluding hydrogens is 174 g/mol. The van der Waals surface area contributed by atoms with Gasteiger partial charge in [-0.1, -0.05) is 36.4 Å². The SMILES string of the molecule is C/C=C(/Cc1ccccc1)C(C)(N)O. The third kappa shape index (κ3) is 2.98. The highest BCUT2D eigenvalue weighted by Gasteiger charge is 2.18. The van der Waals surface area contributed by atoms with Crippen LogP contribution < -0.4 is 5.73 Å². The molecule has 1 unspecified atom stereocenters. The second-order valence-electron chi connectivity index (χ2n) is 3.62. The molecule has 0 saturated heterocycles. The molecule has 0 fully saturated rings. The van der Waals surface area contributed by atoms with Crippen molar-refractivity contribution < 1.29 is 5.11 Å². The van der Waals surface area contributed by atoms with Crippen LogP contribution in [0, 0.1) is 0 Å². The summed E-state index contributed by atoms with van der Waals surface area (Å²) in [5, 5.41) is 9.65. The summed E-state index contributed by atoms with van der Waals surface area (Å²) in [4.78, 5) is 0. The number of rotatable bonds is 3. The first-order chi connectivity index (χ1) is 6.54. The molecule has 1 rings (SSSR count). The molecule has 0 spiro atoms. The Kier molecular flexibility index (Phi) is 3.44. The summed E-state index contributed by atoms with van der Waals surface area (Å²) in [6.45, 7) is 3.49. The average molecular weight is 191 g/mol. The van der Waals surface area contributed by atoms with Gasteiger partial charge in [0.05, 0.1) is 0 Å². The van der Waals surface area contributed by atoms with Crippen LogP contribution >= 0.6 is 0 Å². The van der Waals surface area contributed by atoms with Crippen LogP contribution in [0.3, 0.4) is 0 Å². The van der Waals surface area contributed by atoms with Crippen molar-refractivity contribution in [3.8, 4) is 0 Å². The molecule has 2 heteroatoms. The molecule has 0 heterocycles. The highest BCUT2D eigenvalue weighted by Crippen LogP contribution is 2.15. The number of nitrogens with two attached hydrogens (primary N) is 1. The molecule has 0 aromatic heterocycles. The van der Waals surface area contributed by atoms with Crippen molar-refractivity contribution in [1.29, 1.82) is 0 Å². The Morgan fingerprint density at radius 1 is 1.43 bits per heavy atom. The maximum Gasteiger partial charge on any atom is 0.133 e. The molecule has 3 N–H and O–H groups in total. The molecule has 0 aliphatic heterocycles. The smallest absolute Gasteiger partial charge is 0.133 e. The van der Waals surface area contributed by atoms with Crippen LogP contribution in [-0.4, -0.2) is 10.8 Å². The maximum absolute atomic E-state index is 9.65. The van der Waals surface area contributed by atoms with Crippen LogP contribution in [0.25, 0.3) is 0 Å². The molecular formula is C12H17NO. The lowest BCUT2D eigenvalue weighted by Crippen LogP contribution is -2.38. The molecule has 14 heavy (non-hydrogen) atoms. The zero-order valence-electron chi connectivity index (χ0n) is 8.70. The lowest BCUT2D eigenvalue weighted by Gasteiger charge is -2.21. The van der Waals surface area contributed by atoms with E-state index in [1.807, 2.05) is 43.3 Å². The first-order valence-electron chi connectivity index (χ1n) is 4.75. The lowest BCUT2D eigenvalue weighted by atomic mass is 9.97. The maximum atomic E-state index is 9.65. The zero-order chi connectivity index (χ0) is 10.6. The summed E-state index contributed by atoms with van der Waals surface area (Å²) in [5.74, 6) is 0. The molecule has 0 amide bonds. The minimum atomic E-state index is -1.22. The van der Waals surface area contributed by atoms with E-state index in [-0.39, 0.29) is 0 Å². The van der Waals surface area contributed by atoms with Crippen LogP contribution in [0.4, 0.5) is 0 Å². The fraction of sp³-hybridized carbons (Fsp3) is 0.333. The number of hydrogen-bond acceptors (Lipinski definition) is 2. The second-order valence-corrected chi connectivity index (χ2v) is 3.62. The van der Waals surface area contributed by atoms with Gasteiger partial charge < -0.3 is 10.8 Å². The number of hydrogen-bond donors (Lipinski definition) is 2. The molecule has 0 radical (unpaired) electrons. The van der Waals surface area contributed by atoms with E-state index < -0.39 is 5.72 Å². The van der Waals surface area contributed by atoms with Gasteiger partial charge in [0, 0.05) is 0 Å².